The standard InChI is InChI=1S/C21H12B2F3N5O2/c22-13-6-5-12(21(24,25)26)17(23)18(13)31-19(32)11-2-1-3-14-10(11)4-7-15(29-14)33-16-8-9-28-20(27)30-16/h1-9H,(H,31,32)(H2,27,28,30). The molecule has 0 bridgehead atoms. The molecule has 0 atom stereocenters. The lowest BCUT2D eigenvalue weighted by Gasteiger charge is -2.18. The van der Waals surface area contributed by atoms with Crippen molar-refractivity contribution in [3.63, 3.8) is 0 Å². The number of nitrogen functional groups attached to an aromatic ring is 1. The Labute approximate surface area is 188 Å². The molecule has 7 nitrogen and oxygen atoms in total. The average Bonchev–Trinajstić information content (AvgIpc) is 2.75. The van der Waals surface area contributed by atoms with Gasteiger partial charge in [0, 0.05) is 35.0 Å². The van der Waals surface area contributed by atoms with Crippen LogP contribution in [0.2, 0.25) is 0 Å². The molecule has 2 heterocycles. The normalized spacial score (nSPS) is 11.4. The quantitative estimate of drug-likeness (QED) is 0.468. The molecule has 4 aromatic rings. The fourth-order valence-electron chi connectivity index (χ4n) is 3.12. The van der Waals surface area contributed by atoms with Crippen molar-refractivity contribution in [3.05, 3.63) is 65.9 Å². The van der Waals surface area contributed by atoms with Gasteiger partial charge in [-0.05, 0) is 18.2 Å². The molecule has 0 aliphatic rings. The van der Waals surface area contributed by atoms with Gasteiger partial charge in [0.25, 0.3) is 5.91 Å². The fourth-order valence-corrected chi connectivity index (χ4v) is 3.12. The van der Waals surface area contributed by atoms with Gasteiger partial charge in [0.15, 0.2) is 0 Å². The lowest BCUT2D eigenvalue weighted by molar-refractivity contribution is -0.136. The summed E-state index contributed by atoms with van der Waals surface area (Å²) < 4.78 is 45.1. The van der Waals surface area contributed by atoms with Gasteiger partial charge in [0.1, 0.15) is 15.7 Å². The highest BCUT2D eigenvalue weighted by Gasteiger charge is 2.33. The predicted molar refractivity (Wildman–Crippen MR) is 118 cm³/mol. The number of amides is 1. The van der Waals surface area contributed by atoms with Crippen LogP contribution >= 0.6 is 0 Å². The number of benzene rings is 2. The van der Waals surface area contributed by atoms with Gasteiger partial charge in [-0.1, -0.05) is 29.1 Å². The first kappa shape index (κ1) is 22.1. The van der Waals surface area contributed by atoms with Crippen LogP contribution in [0.15, 0.2) is 54.7 Å². The van der Waals surface area contributed by atoms with E-state index in [-0.39, 0.29) is 34.4 Å². The van der Waals surface area contributed by atoms with E-state index in [1.807, 2.05) is 0 Å². The Balaban J connectivity index is 1.66. The highest BCUT2D eigenvalue weighted by atomic mass is 19.4. The van der Waals surface area contributed by atoms with Gasteiger partial charge >= 0.3 is 6.18 Å². The van der Waals surface area contributed by atoms with Crippen molar-refractivity contribution in [2.24, 2.45) is 0 Å². The topological polar surface area (TPSA) is 103 Å². The number of nitrogens with two attached hydrogens (primary N) is 1. The van der Waals surface area contributed by atoms with Gasteiger partial charge in [-0.15, -0.1) is 0 Å². The SMILES string of the molecule is [B]c1ccc(C(F)(F)F)c([B])c1NC(=O)c1cccc2nc(Oc3ccnc(N)n3)ccc12. The number of alkyl halides is 3. The lowest BCUT2D eigenvalue weighted by Crippen LogP contribution is -2.31. The number of rotatable bonds is 4. The molecule has 0 fully saturated rings. The minimum atomic E-state index is -4.70. The van der Waals surface area contributed by atoms with Gasteiger partial charge in [-0.2, -0.15) is 18.2 Å². The number of aromatic nitrogens is 3. The molecule has 2 aromatic heterocycles. The van der Waals surface area contributed by atoms with Crippen LogP contribution in [-0.2, 0) is 6.18 Å². The first-order valence-corrected chi connectivity index (χ1v) is 9.36. The molecule has 0 aliphatic carbocycles. The van der Waals surface area contributed by atoms with Gasteiger partial charge < -0.3 is 15.8 Å². The smallest absolute Gasteiger partial charge is 0.415 e. The number of carbonyl (C=O) groups excluding carboxylic acids is 1. The number of anilines is 2. The van der Waals surface area contributed by atoms with Crippen LogP contribution in [-0.4, -0.2) is 36.6 Å². The molecular formula is C21H12B2F3N5O2. The summed E-state index contributed by atoms with van der Waals surface area (Å²) in [5.74, 6) is -0.318. The lowest BCUT2D eigenvalue weighted by atomic mass is 9.81. The van der Waals surface area contributed by atoms with Crippen LogP contribution in [0.3, 0.4) is 0 Å². The summed E-state index contributed by atoms with van der Waals surface area (Å²) in [5.41, 5.74) is 3.88. The largest absolute Gasteiger partial charge is 0.421 e. The molecule has 0 unspecified atom stereocenters. The number of hydrogen-bond donors (Lipinski definition) is 2. The molecule has 4 radical (unpaired) electrons. The van der Waals surface area contributed by atoms with E-state index in [1.165, 1.54) is 24.4 Å². The maximum Gasteiger partial charge on any atom is 0.415 e. The van der Waals surface area contributed by atoms with E-state index in [4.69, 9.17) is 26.2 Å². The molecule has 3 N–H and O–H groups in total. The molecule has 0 saturated heterocycles. The predicted octanol–water partition coefficient (Wildman–Crippen LogP) is 2.26. The van der Waals surface area contributed by atoms with Crippen molar-refractivity contribution in [1.29, 1.82) is 0 Å². The van der Waals surface area contributed by atoms with Crippen LogP contribution in [0.1, 0.15) is 15.9 Å². The third-order valence-electron chi connectivity index (χ3n) is 4.63. The van der Waals surface area contributed by atoms with Crippen molar-refractivity contribution >= 4 is 55.1 Å². The third-order valence-corrected chi connectivity index (χ3v) is 4.63. The summed E-state index contributed by atoms with van der Waals surface area (Å²) in [7, 11) is 11.4. The van der Waals surface area contributed by atoms with Crippen LogP contribution in [0.4, 0.5) is 24.8 Å². The number of ether oxygens (including phenoxy) is 1. The van der Waals surface area contributed by atoms with E-state index in [2.05, 4.69) is 20.3 Å². The molecule has 4 rings (SSSR count). The summed E-state index contributed by atoms with van der Waals surface area (Å²) in [5, 5.41) is 2.81. The average molecular weight is 445 g/mol. The highest BCUT2D eigenvalue weighted by molar-refractivity contribution is 6.45. The molecule has 12 heteroatoms. The van der Waals surface area contributed by atoms with Gasteiger partial charge in [0.05, 0.1) is 11.1 Å². The summed E-state index contributed by atoms with van der Waals surface area (Å²) in [6.07, 6.45) is -3.28. The molecule has 1 amide bonds. The Bertz CT molecular complexity index is 1380. The number of fused-ring (bicyclic) bond motifs is 1. The maximum absolute atomic E-state index is 13.2. The minimum Gasteiger partial charge on any atom is -0.421 e. The number of pyridine rings is 1. The number of halogens is 3. The molecule has 33 heavy (non-hydrogen) atoms. The first-order chi connectivity index (χ1) is 15.6. The van der Waals surface area contributed by atoms with Crippen molar-refractivity contribution in [2.45, 2.75) is 6.18 Å². The first-order valence-electron chi connectivity index (χ1n) is 9.36. The van der Waals surface area contributed by atoms with E-state index in [0.717, 1.165) is 12.1 Å². The van der Waals surface area contributed by atoms with E-state index >= 15 is 0 Å². The third kappa shape index (κ3) is 4.59. The zero-order valence-electron chi connectivity index (χ0n) is 16.7. The number of carbonyl (C=O) groups is 1. The molecule has 0 aliphatic heterocycles. The number of nitrogens with one attached hydrogen (secondary N) is 1. The Morgan fingerprint density at radius 2 is 1.76 bits per heavy atom. The van der Waals surface area contributed by atoms with Gasteiger partial charge in [-0.25, -0.2) is 9.97 Å². The van der Waals surface area contributed by atoms with Crippen molar-refractivity contribution in [3.8, 4) is 11.8 Å². The zero-order valence-corrected chi connectivity index (χ0v) is 16.7. The van der Waals surface area contributed by atoms with Crippen molar-refractivity contribution < 1.29 is 22.7 Å². The van der Waals surface area contributed by atoms with Crippen LogP contribution in [0.5, 0.6) is 11.8 Å². The second kappa shape index (κ2) is 8.45. The number of hydrogen-bond acceptors (Lipinski definition) is 6. The minimum absolute atomic E-state index is 0.0281. The van der Waals surface area contributed by atoms with Crippen molar-refractivity contribution in [1.82, 2.24) is 15.0 Å². The van der Waals surface area contributed by atoms with Crippen LogP contribution < -0.4 is 26.7 Å². The van der Waals surface area contributed by atoms with E-state index < -0.39 is 23.1 Å². The fraction of sp³-hybridized carbons (Fsp3) is 0.0476. The maximum atomic E-state index is 13.2. The second-order valence-electron chi connectivity index (χ2n) is 6.82. The molecule has 160 valence electrons. The monoisotopic (exact) mass is 445 g/mol. The summed E-state index contributed by atoms with van der Waals surface area (Å²) in [6.45, 7) is 0. The molecule has 2 aromatic carbocycles. The highest BCUT2D eigenvalue weighted by Crippen LogP contribution is 2.29. The Kier molecular flexibility index (Phi) is 5.67. The summed E-state index contributed by atoms with van der Waals surface area (Å²) in [6, 6.07) is 11.1. The summed E-state index contributed by atoms with van der Waals surface area (Å²) in [4.78, 5) is 24.9. The van der Waals surface area contributed by atoms with Gasteiger partial charge in [0.2, 0.25) is 17.7 Å². The van der Waals surface area contributed by atoms with E-state index in [9.17, 15) is 18.0 Å². The van der Waals surface area contributed by atoms with E-state index in [0.29, 0.717) is 10.9 Å². The molecule has 0 saturated carbocycles. The molecular weight excluding hydrogens is 433 g/mol. The molecule has 0 spiro atoms. The Hall–Kier alpha value is -4.08. The Morgan fingerprint density at radius 3 is 2.48 bits per heavy atom. The van der Waals surface area contributed by atoms with Crippen molar-refractivity contribution in [2.75, 3.05) is 11.1 Å². The van der Waals surface area contributed by atoms with Gasteiger partial charge in [-0.3, -0.25) is 4.79 Å². The second-order valence-corrected chi connectivity index (χ2v) is 6.82. The van der Waals surface area contributed by atoms with E-state index in [1.54, 1.807) is 18.2 Å². The van der Waals surface area contributed by atoms with Crippen LogP contribution in [0, 0.1) is 0 Å². The van der Waals surface area contributed by atoms with Crippen LogP contribution in [0.25, 0.3) is 10.9 Å². The zero-order chi connectivity index (χ0) is 23.8. The Morgan fingerprint density at radius 1 is 1.00 bits per heavy atom. The number of nitrogens with zero attached hydrogens (tertiary/aromatic N) is 3. The summed E-state index contributed by atoms with van der Waals surface area (Å²) >= 11 is 0.